The van der Waals surface area contributed by atoms with E-state index in [1.54, 1.807) is 18.5 Å². The van der Waals surface area contributed by atoms with Gasteiger partial charge in [0.15, 0.2) is 0 Å². The number of nitrogens with zero attached hydrogens (tertiary/aromatic N) is 3. The summed E-state index contributed by atoms with van der Waals surface area (Å²) in [6, 6.07) is 3.70. The summed E-state index contributed by atoms with van der Waals surface area (Å²) in [4.78, 5) is 0. The first-order valence-corrected chi connectivity index (χ1v) is 5.40. The van der Waals surface area contributed by atoms with Gasteiger partial charge in [0.25, 0.3) is 6.43 Å². The van der Waals surface area contributed by atoms with Gasteiger partial charge in [0.05, 0.1) is 5.56 Å². The van der Waals surface area contributed by atoms with E-state index in [-0.39, 0.29) is 0 Å². The second-order valence-electron chi connectivity index (χ2n) is 4.06. The van der Waals surface area contributed by atoms with Gasteiger partial charge in [0, 0.05) is 13.5 Å². The molecule has 0 atom stereocenters. The molecule has 0 fully saturated rings. The van der Waals surface area contributed by atoms with Gasteiger partial charge in [0.2, 0.25) is 0 Å². The lowest BCUT2D eigenvalue weighted by Crippen LogP contribution is -2.02. The van der Waals surface area contributed by atoms with Crippen molar-refractivity contribution in [3.63, 3.8) is 0 Å². The second kappa shape index (κ2) is 4.80. The van der Waals surface area contributed by atoms with E-state index in [0.717, 1.165) is 11.9 Å². The number of rotatable bonds is 3. The molecule has 96 valence electrons. The fourth-order valence-corrected chi connectivity index (χ4v) is 1.66. The van der Waals surface area contributed by atoms with Gasteiger partial charge in [-0.2, -0.15) is 0 Å². The largest absolute Gasteiger partial charge is 0.318 e. The summed E-state index contributed by atoms with van der Waals surface area (Å²) in [6.07, 6.45) is -2.47. The minimum atomic E-state index is -2.81. The highest BCUT2D eigenvalue weighted by Gasteiger charge is 2.15. The quantitative estimate of drug-likeness (QED) is 0.844. The highest BCUT2D eigenvalue weighted by molar-refractivity contribution is 5.28. The molecule has 1 aromatic heterocycles. The maximum absolute atomic E-state index is 13.1. The van der Waals surface area contributed by atoms with E-state index >= 15 is 0 Å². The molecule has 6 heteroatoms. The van der Waals surface area contributed by atoms with Crippen molar-refractivity contribution >= 4 is 0 Å². The Bertz CT molecular complexity index is 564. The lowest BCUT2D eigenvalue weighted by molar-refractivity contribution is 0.146. The Hall–Kier alpha value is -1.85. The third kappa shape index (κ3) is 2.37. The molecule has 0 spiro atoms. The molecule has 0 saturated heterocycles. The third-order valence-electron chi connectivity index (χ3n) is 2.84. The molecular weight excluding hydrogens is 243 g/mol. The van der Waals surface area contributed by atoms with E-state index in [2.05, 4.69) is 10.2 Å². The van der Waals surface area contributed by atoms with E-state index in [1.807, 2.05) is 0 Å². The number of alkyl halides is 2. The van der Waals surface area contributed by atoms with Crippen LogP contribution in [0.4, 0.5) is 13.2 Å². The predicted octanol–water partition coefficient (Wildman–Crippen LogP) is 2.79. The first-order valence-electron chi connectivity index (χ1n) is 5.40. The fourth-order valence-electron chi connectivity index (χ4n) is 1.66. The predicted molar refractivity (Wildman–Crippen MR) is 59.9 cm³/mol. The van der Waals surface area contributed by atoms with Gasteiger partial charge in [-0.25, -0.2) is 13.2 Å². The Morgan fingerprint density at radius 1 is 1.28 bits per heavy atom. The number of aryl methyl sites for hydroxylation is 1. The van der Waals surface area contributed by atoms with Gasteiger partial charge >= 0.3 is 0 Å². The van der Waals surface area contributed by atoms with Crippen molar-refractivity contribution in [3.8, 4) is 0 Å². The third-order valence-corrected chi connectivity index (χ3v) is 2.84. The molecule has 0 aliphatic rings. The standard InChI is InChI=1S/C12H12F3N3/c1-7-16-17-11(18(7)2)6-8-3-4-10(13)9(5-8)12(14)15/h3-5,12H,6H2,1-2H3. The summed E-state index contributed by atoms with van der Waals surface area (Å²) in [7, 11) is 1.79. The Kier molecular flexibility index (Phi) is 3.36. The zero-order valence-corrected chi connectivity index (χ0v) is 9.99. The van der Waals surface area contributed by atoms with Crippen LogP contribution in [0.5, 0.6) is 0 Å². The van der Waals surface area contributed by atoms with Crippen LogP contribution >= 0.6 is 0 Å². The normalized spacial score (nSPS) is 11.2. The molecule has 1 aromatic carbocycles. The Balaban J connectivity index is 2.30. The van der Waals surface area contributed by atoms with Crippen molar-refractivity contribution in [2.75, 3.05) is 0 Å². The highest BCUT2D eigenvalue weighted by atomic mass is 19.3. The highest BCUT2D eigenvalue weighted by Crippen LogP contribution is 2.23. The van der Waals surface area contributed by atoms with Crippen LogP contribution in [0.1, 0.15) is 29.2 Å². The molecule has 0 aliphatic heterocycles. The smallest absolute Gasteiger partial charge is 0.266 e. The summed E-state index contributed by atoms with van der Waals surface area (Å²) >= 11 is 0. The average Bonchev–Trinajstić information content (AvgIpc) is 2.63. The molecular formula is C12H12F3N3. The van der Waals surface area contributed by atoms with Crippen LogP contribution in [0.3, 0.4) is 0 Å². The van der Waals surface area contributed by atoms with Gasteiger partial charge < -0.3 is 4.57 Å². The topological polar surface area (TPSA) is 30.7 Å². The zero-order chi connectivity index (χ0) is 13.3. The van der Waals surface area contributed by atoms with Crippen molar-refractivity contribution in [2.45, 2.75) is 19.8 Å². The van der Waals surface area contributed by atoms with Crippen molar-refractivity contribution in [3.05, 3.63) is 46.8 Å². The first kappa shape index (κ1) is 12.6. The molecule has 0 bridgehead atoms. The van der Waals surface area contributed by atoms with Gasteiger partial charge in [-0.3, -0.25) is 0 Å². The van der Waals surface area contributed by atoms with Gasteiger partial charge in [-0.05, 0) is 24.6 Å². The molecule has 0 unspecified atom stereocenters. The maximum atomic E-state index is 13.1. The van der Waals surface area contributed by atoms with Gasteiger partial charge in [-0.15, -0.1) is 10.2 Å². The molecule has 2 aromatic rings. The minimum absolute atomic E-state index is 0.345. The summed E-state index contributed by atoms with van der Waals surface area (Å²) < 4.78 is 40.0. The number of halogens is 3. The summed E-state index contributed by atoms with van der Waals surface area (Å²) in [5, 5.41) is 7.82. The van der Waals surface area contributed by atoms with Crippen LogP contribution in [0.25, 0.3) is 0 Å². The number of benzene rings is 1. The molecule has 0 aliphatic carbocycles. The van der Waals surface area contributed by atoms with Gasteiger partial charge in [0.1, 0.15) is 17.5 Å². The van der Waals surface area contributed by atoms with Crippen LogP contribution in [0, 0.1) is 12.7 Å². The maximum Gasteiger partial charge on any atom is 0.266 e. The SMILES string of the molecule is Cc1nnc(Cc2ccc(F)c(C(F)F)c2)n1C. The van der Waals surface area contributed by atoms with Crippen molar-refractivity contribution in [1.29, 1.82) is 0 Å². The Labute approximate surface area is 102 Å². The number of hydrogen-bond acceptors (Lipinski definition) is 2. The number of hydrogen-bond donors (Lipinski definition) is 0. The second-order valence-corrected chi connectivity index (χ2v) is 4.06. The van der Waals surface area contributed by atoms with Gasteiger partial charge in [-0.1, -0.05) is 6.07 Å². The summed E-state index contributed by atoms with van der Waals surface area (Å²) in [6.45, 7) is 1.80. The van der Waals surface area contributed by atoms with E-state index in [0.29, 0.717) is 17.8 Å². The van der Waals surface area contributed by atoms with Crippen molar-refractivity contribution in [1.82, 2.24) is 14.8 Å². The minimum Gasteiger partial charge on any atom is -0.318 e. The van der Waals surface area contributed by atoms with Crippen LogP contribution in [-0.4, -0.2) is 14.8 Å². The van der Waals surface area contributed by atoms with Crippen LogP contribution in [-0.2, 0) is 13.5 Å². The molecule has 1 heterocycles. The monoisotopic (exact) mass is 255 g/mol. The average molecular weight is 255 g/mol. The van der Waals surface area contributed by atoms with E-state index in [4.69, 9.17) is 0 Å². The Morgan fingerprint density at radius 3 is 2.56 bits per heavy atom. The fraction of sp³-hybridized carbons (Fsp3) is 0.333. The zero-order valence-electron chi connectivity index (χ0n) is 9.99. The van der Waals surface area contributed by atoms with E-state index in [9.17, 15) is 13.2 Å². The van der Waals surface area contributed by atoms with Crippen LogP contribution in [0.2, 0.25) is 0 Å². The Morgan fingerprint density at radius 2 is 2.00 bits per heavy atom. The molecule has 3 nitrogen and oxygen atoms in total. The lowest BCUT2D eigenvalue weighted by atomic mass is 10.1. The van der Waals surface area contributed by atoms with Crippen LogP contribution in [0.15, 0.2) is 18.2 Å². The first-order chi connectivity index (χ1) is 8.49. The molecule has 0 N–H and O–H groups in total. The molecule has 2 rings (SSSR count). The van der Waals surface area contributed by atoms with E-state index in [1.165, 1.54) is 12.1 Å². The molecule has 18 heavy (non-hydrogen) atoms. The molecule has 0 amide bonds. The summed E-state index contributed by atoms with van der Waals surface area (Å²) in [5.41, 5.74) is 0.00795. The molecule has 0 saturated carbocycles. The molecule has 0 radical (unpaired) electrons. The summed E-state index contributed by atoms with van der Waals surface area (Å²) in [5.74, 6) is 0.503. The van der Waals surface area contributed by atoms with Crippen molar-refractivity contribution in [2.24, 2.45) is 7.05 Å². The van der Waals surface area contributed by atoms with Crippen LogP contribution < -0.4 is 0 Å². The number of aromatic nitrogens is 3. The van der Waals surface area contributed by atoms with Crippen molar-refractivity contribution < 1.29 is 13.2 Å². The van der Waals surface area contributed by atoms with E-state index < -0.39 is 17.8 Å². The lowest BCUT2D eigenvalue weighted by Gasteiger charge is -2.06.